The zero-order valence-electron chi connectivity index (χ0n) is 20.1. The van der Waals surface area contributed by atoms with Crippen molar-refractivity contribution in [2.45, 2.75) is 40.5 Å². The molecule has 4 heteroatoms. The molecule has 1 heterocycles. The molecule has 0 aromatic heterocycles. The van der Waals surface area contributed by atoms with Crippen molar-refractivity contribution in [3.63, 3.8) is 0 Å². The summed E-state index contributed by atoms with van der Waals surface area (Å²) in [6.07, 6.45) is 1.72. The molecule has 0 radical (unpaired) electrons. The number of benzene rings is 2. The molecule has 3 rings (SSSR count). The lowest BCUT2D eigenvalue weighted by atomic mass is 9.81. The van der Waals surface area contributed by atoms with Crippen LogP contribution in [-0.4, -0.2) is 60.6 Å². The number of hydrogen-bond acceptors (Lipinski definition) is 4. The van der Waals surface area contributed by atoms with Gasteiger partial charge in [0.25, 0.3) is 0 Å². The van der Waals surface area contributed by atoms with E-state index in [9.17, 15) is 9.59 Å². The number of piperazine rings is 1. The van der Waals surface area contributed by atoms with Crippen molar-refractivity contribution in [1.29, 1.82) is 0 Å². The predicted octanol–water partition coefficient (Wildman–Crippen LogP) is 5.20. The lowest BCUT2D eigenvalue weighted by Crippen LogP contribution is -2.48. The van der Waals surface area contributed by atoms with E-state index in [0.717, 1.165) is 63.2 Å². The molecule has 0 saturated carbocycles. The first-order chi connectivity index (χ1) is 15.2. The van der Waals surface area contributed by atoms with E-state index in [1.807, 2.05) is 60.7 Å². The Morgan fingerprint density at radius 3 is 1.25 bits per heavy atom. The van der Waals surface area contributed by atoms with Crippen LogP contribution in [0.4, 0.5) is 0 Å². The molecule has 0 bridgehead atoms. The fourth-order valence-corrected chi connectivity index (χ4v) is 4.30. The zero-order chi connectivity index (χ0) is 23.2. The number of nitrogens with zero attached hydrogens (tertiary/aromatic N) is 2. The number of ketones is 2. The molecule has 0 spiro atoms. The summed E-state index contributed by atoms with van der Waals surface area (Å²) in [5, 5.41) is 0. The van der Waals surface area contributed by atoms with Crippen LogP contribution in [0, 0.1) is 10.8 Å². The lowest BCUT2D eigenvalue weighted by molar-refractivity contribution is 0.0727. The van der Waals surface area contributed by atoms with Gasteiger partial charge in [-0.15, -0.1) is 0 Å². The normalized spacial score (nSPS) is 16.1. The van der Waals surface area contributed by atoms with E-state index >= 15 is 0 Å². The van der Waals surface area contributed by atoms with Crippen LogP contribution < -0.4 is 0 Å². The molecule has 2 aromatic carbocycles. The van der Waals surface area contributed by atoms with Crippen molar-refractivity contribution in [3.8, 4) is 0 Å². The van der Waals surface area contributed by atoms with Gasteiger partial charge >= 0.3 is 0 Å². The van der Waals surface area contributed by atoms with E-state index in [0.29, 0.717) is 0 Å². The standard InChI is InChI=1S/C28H38N2O2/c1-27(2,25(31)23-11-7-5-8-12-23)15-17-29-19-21-30(22-20-29)18-16-28(3,4)26(32)24-13-9-6-10-14-24/h5-14H,15-22H2,1-4H3. The van der Waals surface area contributed by atoms with E-state index < -0.39 is 0 Å². The third-order valence-corrected chi connectivity index (χ3v) is 6.87. The second-order valence-corrected chi connectivity index (χ2v) is 10.3. The average molecular weight is 435 g/mol. The fraction of sp³-hybridized carbons (Fsp3) is 0.500. The minimum absolute atomic E-state index is 0.224. The second-order valence-electron chi connectivity index (χ2n) is 10.3. The van der Waals surface area contributed by atoms with Gasteiger partial charge in [-0.1, -0.05) is 88.4 Å². The molecule has 0 aliphatic carbocycles. The van der Waals surface area contributed by atoms with Crippen molar-refractivity contribution in [2.75, 3.05) is 39.3 Å². The number of hydrogen-bond donors (Lipinski definition) is 0. The second kappa shape index (κ2) is 10.5. The average Bonchev–Trinajstić information content (AvgIpc) is 2.82. The minimum Gasteiger partial charge on any atom is -0.301 e. The summed E-state index contributed by atoms with van der Waals surface area (Å²) < 4.78 is 0. The van der Waals surface area contributed by atoms with Gasteiger partial charge in [-0.2, -0.15) is 0 Å². The van der Waals surface area contributed by atoms with Gasteiger partial charge in [0.05, 0.1) is 0 Å². The third-order valence-electron chi connectivity index (χ3n) is 6.87. The molecule has 1 aliphatic rings. The van der Waals surface area contributed by atoms with Crippen molar-refractivity contribution in [3.05, 3.63) is 71.8 Å². The highest BCUT2D eigenvalue weighted by atomic mass is 16.1. The summed E-state index contributed by atoms with van der Waals surface area (Å²) in [5.41, 5.74) is 0.880. The first-order valence-corrected chi connectivity index (χ1v) is 11.8. The highest BCUT2D eigenvalue weighted by Crippen LogP contribution is 2.28. The Labute approximate surface area is 193 Å². The minimum atomic E-state index is -0.361. The van der Waals surface area contributed by atoms with Crippen molar-refractivity contribution < 1.29 is 9.59 Å². The molecular formula is C28H38N2O2. The van der Waals surface area contributed by atoms with Crippen LogP contribution in [0.5, 0.6) is 0 Å². The van der Waals surface area contributed by atoms with Crippen LogP contribution in [0.25, 0.3) is 0 Å². The van der Waals surface area contributed by atoms with E-state index in [-0.39, 0.29) is 22.4 Å². The Morgan fingerprint density at radius 2 is 0.938 bits per heavy atom. The van der Waals surface area contributed by atoms with Crippen LogP contribution in [0.1, 0.15) is 61.3 Å². The summed E-state index contributed by atoms with van der Waals surface area (Å²) in [5.74, 6) is 0.448. The third kappa shape index (κ3) is 6.36. The van der Waals surface area contributed by atoms with Gasteiger partial charge in [-0.25, -0.2) is 0 Å². The molecule has 1 fully saturated rings. The molecule has 0 N–H and O–H groups in total. The number of rotatable bonds is 10. The molecule has 172 valence electrons. The lowest BCUT2D eigenvalue weighted by Gasteiger charge is -2.37. The topological polar surface area (TPSA) is 40.6 Å². The van der Waals surface area contributed by atoms with E-state index in [4.69, 9.17) is 0 Å². The Morgan fingerprint density at radius 1 is 0.625 bits per heavy atom. The molecule has 32 heavy (non-hydrogen) atoms. The van der Waals surface area contributed by atoms with Crippen molar-refractivity contribution in [2.24, 2.45) is 10.8 Å². The Kier molecular flexibility index (Phi) is 8.02. The zero-order valence-corrected chi connectivity index (χ0v) is 20.1. The van der Waals surface area contributed by atoms with Crippen LogP contribution in [0.3, 0.4) is 0 Å². The van der Waals surface area contributed by atoms with Crippen LogP contribution in [0.15, 0.2) is 60.7 Å². The summed E-state index contributed by atoms with van der Waals surface area (Å²) in [4.78, 5) is 30.7. The van der Waals surface area contributed by atoms with Gasteiger partial charge in [0.2, 0.25) is 0 Å². The van der Waals surface area contributed by atoms with Gasteiger partial charge in [0, 0.05) is 48.1 Å². The monoisotopic (exact) mass is 434 g/mol. The Bertz CT molecular complexity index is 807. The maximum absolute atomic E-state index is 12.9. The van der Waals surface area contributed by atoms with Crippen LogP contribution >= 0.6 is 0 Å². The quantitative estimate of drug-likeness (QED) is 0.482. The highest BCUT2D eigenvalue weighted by Gasteiger charge is 2.31. The Hall–Kier alpha value is -2.30. The Balaban J connectivity index is 1.42. The molecule has 0 amide bonds. The maximum Gasteiger partial charge on any atom is 0.168 e. The SMILES string of the molecule is CC(C)(CCN1CCN(CCC(C)(C)C(=O)c2ccccc2)CC1)C(=O)c1ccccc1. The van der Waals surface area contributed by atoms with Gasteiger partial charge in [0.1, 0.15) is 0 Å². The maximum atomic E-state index is 12.9. The van der Waals surface area contributed by atoms with Gasteiger partial charge < -0.3 is 9.80 Å². The van der Waals surface area contributed by atoms with E-state index in [1.54, 1.807) is 0 Å². The number of Topliss-reactive ketones (excluding diaryl/α,β-unsaturated/α-hetero) is 2. The highest BCUT2D eigenvalue weighted by molar-refractivity contribution is 6.00. The van der Waals surface area contributed by atoms with E-state index in [2.05, 4.69) is 37.5 Å². The number of carbonyl (C=O) groups is 2. The molecule has 2 aromatic rings. The fourth-order valence-electron chi connectivity index (χ4n) is 4.30. The summed E-state index contributed by atoms with van der Waals surface area (Å²) in [7, 11) is 0. The first kappa shape index (κ1) is 24.3. The van der Waals surface area contributed by atoms with Crippen molar-refractivity contribution >= 4 is 11.6 Å². The van der Waals surface area contributed by atoms with Crippen LogP contribution in [0.2, 0.25) is 0 Å². The summed E-state index contributed by atoms with van der Waals surface area (Å²) in [6, 6.07) is 19.2. The predicted molar refractivity (Wildman–Crippen MR) is 131 cm³/mol. The van der Waals surface area contributed by atoms with Gasteiger partial charge in [-0.3, -0.25) is 9.59 Å². The largest absolute Gasteiger partial charge is 0.301 e. The molecule has 1 aliphatic heterocycles. The first-order valence-electron chi connectivity index (χ1n) is 11.8. The smallest absolute Gasteiger partial charge is 0.168 e. The van der Waals surface area contributed by atoms with Crippen LogP contribution in [-0.2, 0) is 0 Å². The molecular weight excluding hydrogens is 396 g/mol. The molecule has 0 unspecified atom stereocenters. The van der Waals surface area contributed by atoms with Gasteiger partial charge in [-0.05, 0) is 25.9 Å². The molecule has 0 atom stereocenters. The van der Waals surface area contributed by atoms with Gasteiger partial charge in [0.15, 0.2) is 11.6 Å². The van der Waals surface area contributed by atoms with E-state index in [1.165, 1.54) is 0 Å². The molecule has 1 saturated heterocycles. The number of carbonyl (C=O) groups excluding carboxylic acids is 2. The summed E-state index contributed by atoms with van der Waals surface area (Å²) in [6.45, 7) is 14.2. The van der Waals surface area contributed by atoms with Crippen molar-refractivity contribution in [1.82, 2.24) is 9.80 Å². The summed E-state index contributed by atoms with van der Waals surface area (Å²) >= 11 is 0. The molecule has 4 nitrogen and oxygen atoms in total.